The number of carbonyl (C=O) groups excluding carboxylic acids is 1. The molecule has 0 atom stereocenters. The van der Waals surface area contributed by atoms with Crippen LogP contribution in [0, 0.1) is 0 Å². The molecule has 0 saturated carbocycles. The van der Waals surface area contributed by atoms with Gasteiger partial charge in [0.1, 0.15) is 5.75 Å². The average Bonchev–Trinajstić information content (AvgIpc) is 2.45. The highest BCUT2D eigenvalue weighted by atomic mass is 79.9. The van der Waals surface area contributed by atoms with Crippen molar-refractivity contribution in [2.45, 2.75) is 0 Å². The summed E-state index contributed by atoms with van der Waals surface area (Å²) in [5.74, 6) is 0.414. The van der Waals surface area contributed by atoms with Crippen LogP contribution in [0.2, 0.25) is 0 Å². The molecule has 0 spiro atoms. The van der Waals surface area contributed by atoms with Gasteiger partial charge in [0.25, 0.3) is 0 Å². The van der Waals surface area contributed by atoms with Gasteiger partial charge in [-0.1, -0.05) is 40.2 Å². The summed E-state index contributed by atoms with van der Waals surface area (Å²) >= 11 is 3.32. The van der Waals surface area contributed by atoms with Crippen LogP contribution in [-0.4, -0.2) is 17.8 Å². The summed E-state index contributed by atoms with van der Waals surface area (Å²) in [6.07, 6.45) is 0. The van der Waals surface area contributed by atoms with Crippen LogP contribution in [-0.2, 0) is 0 Å². The molecule has 3 nitrogen and oxygen atoms in total. The van der Waals surface area contributed by atoms with Crippen molar-refractivity contribution in [2.75, 3.05) is 11.9 Å². The van der Waals surface area contributed by atoms with E-state index < -0.39 is 5.91 Å². The summed E-state index contributed by atoms with van der Waals surface area (Å²) < 4.78 is 5.56. The normalized spacial score (nSPS) is 10.2. The van der Waals surface area contributed by atoms with Crippen LogP contribution in [0.4, 0.5) is 0 Å². The molecular weight excluding hydrogens is 306 g/mol. The maximum Gasteiger partial charge on any atom is 0.248 e. The van der Waals surface area contributed by atoms with Gasteiger partial charge in [-0.15, -0.1) is 0 Å². The van der Waals surface area contributed by atoms with Gasteiger partial charge in [-0.05, 0) is 35.4 Å². The molecule has 2 rings (SSSR count). The predicted molar refractivity (Wildman–Crippen MR) is 79.7 cm³/mol. The van der Waals surface area contributed by atoms with Crippen molar-refractivity contribution in [1.29, 1.82) is 0 Å². The Morgan fingerprint density at radius 2 is 1.84 bits per heavy atom. The lowest BCUT2D eigenvalue weighted by molar-refractivity contribution is 0.100. The van der Waals surface area contributed by atoms with Crippen LogP contribution in [0.25, 0.3) is 11.1 Å². The number of benzene rings is 2. The molecule has 0 heterocycles. The van der Waals surface area contributed by atoms with Gasteiger partial charge < -0.3 is 10.5 Å². The Balaban J connectivity index is 2.23. The maximum atomic E-state index is 11.0. The summed E-state index contributed by atoms with van der Waals surface area (Å²) in [5.41, 5.74) is 7.79. The highest BCUT2D eigenvalue weighted by molar-refractivity contribution is 9.09. The second kappa shape index (κ2) is 6.38. The van der Waals surface area contributed by atoms with Gasteiger partial charge in [0.15, 0.2) is 0 Å². The molecular formula is C15H14BrNO2. The number of amides is 1. The smallest absolute Gasteiger partial charge is 0.248 e. The third kappa shape index (κ3) is 3.58. The molecule has 0 radical (unpaired) electrons. The molecule has 0 saturated heterocycles. The number of nitrogens with two attached hydrogens (primary N) is 1. The van der Waals surface area contributed by atoms with Crippen molar-refractivity contribution < 1.29 is 9.53 Å². The first kappa shape index (κ1) is 13.6. The van der Waals surface area contributed by atoms with Crippen LogP contribution in [0.15, 0.2) is 48.5 Å². The fourth-order valence-corrected chi connectivity index (χ4v) is 1.91. The van der Waals surface area contributed by atoms with Crippen molar-refractivity contribution in [1.82, 2.24) is 0 Å². The highest BCUT2D eigenvalue weighted by Gasteiger charge is 2.03. The monoisotopic (exact) mass is 319 g/mol. The summed E-state index contributed by atoms with van der Waals surface area (Å²) in [7, 11) is 0. The van der Waals surface area contributed by atoms with E-state index in [4.69, 9.17) is 10.5 Å². The Morgan fingerprint density at radius 1 is 1.11 bits per heavy atom. The van der Waals surface area contributed by atoms with Crippen LogP contribution in [0.5, 0.6) is 5.75 Å². The molecule has 0 unspecified atom stereocenters. The molecule has 98 valence electrons. The van der Waals surface area contributed by atoms with Gasteiger partial charge in [-0.3, -0.25) is 4.79 Å². The van der Waals surface area contributed by atoms with Crippen LogP contribution >= 0.6 is 15.9 Å². The van der Waals surface area contributed by atoms with Crippen molar-refractivity contribution in [3.8, 4) is 16.9 Å². The number of ether oxygens (including phenoxy) is 1. The summed E-state index contributed by atoms with van der Waals surface area (Å²) in [5, 5.41) is 0.796. The van der Waals surface area contributed by atoms with Crippen molar-refractivity contribution >= 4 is 21.8 Å². The van der Waals surface area contributed by atoms with Crippen molar-refractivity contribution in [3.63, 3.8) is 0 Å². The molecule has 2 aromatic rings. The number of primary amides is 1. The van der Waals surface area contributed by atoms with E-state index >= 15 is 0 Å². The second-order valence-corrected chi connectivity index (χ2v) is 4.80. The quantitative estimate of drug-likeness (QED) is 0.860. The topological polar surface area (TPSA) is 52.3 Å². The molecule has 2 aromatic carbocycles. The van der Waals surface area contributed by atoms with Crippen LogP contribution in [0.3, 0.4) is 0 Å². The first-order valence-corrected chi connectivity index (χ1v) is 7.02. The summed E-state index contributed by atoms with van der Waals surface area (Å²) in [4.78, 5) is 11.0. The fraction of sp³-hybridized carbons (Fsp3) is 0.133. The molecule has 0 aromatic heterocycles. The number of alkyl halides is 1. The Bertz CT molecular complexity index is 567. The molecule has 4 heteroatoms. The number of rotatable bonds is 5. The van der Waals surface area contributed by atoms with E-state index in [-0.39, 0.29) is 0 Å². The third-order valence-corrected chi connectivity index (χ3v) is 3.01. The van der Waals surface area contributed by atoms with Crippen molar-refractivity contribution in [3.05, 3.63) is 54.1 Å². The molecule has 0 bridgehead atoms. The third-order valence-electron chi connectivity index (χ3n) is 2.68. The molecule has 2 N–H and O–H groups in total. The molecule has 0 fully saturated rings. The van der Waals surface area contributed by atoms with Crippen LogP contribution in [0.1, 0.15) is 10.4 Å². The van der Waals surface area contributed by atoms with Gasteiger partial charge in [-0.2, -0.15) is 0 Å². The van der Waals surface area contributed by atoms with E-state index in [1.165, 1.54) is 0 Å². The second-order valence-electron chi connectivity index (χ2n) is 4.01. The minimum absolute atomic E-state index is 0.416. The molecule has 0 aliphatic rings. The van der Waals surface area contributed by atoms with E-state index in [0.717, 1.165) is 22.2 Å². The lowest BCUT2D eigenvalue weighted by Gasteiger charge is -2.07. The zero-order valence-electron chi connectivity index (χ0n) is 10.3. The lowest BCUT2D eigenvalue weighted by Crippen LogP contribution is -2.10. The predicted octanol–water partition coefficient (Wildman–Crippen LogP) is 3.23. The number of hydrogen-bond acceptors (Lipinski definition) is 2. The molecule has 0 aliphatic carbocycles. The fourth-order valence-electron chi connectivity index (χ4n) is 1.75. The van der Waals surface area contributed by atoms with E-state index in [1.54, 1.807) is 12.1 Å². The van der Waals surface area contributed by atoms with Gasteiger partial charge in [0.05, 0.1) is 6.61 Å². The van der Waals surface area contributed by atoms with E-state index in [0.29, 0.717) is 12.2 Å². The van der Waals surface area contributed by atoms with Crippen molar-refractivity contribution in [2.24, 2.45) is 5.73 Å². The summed E-state index contributed by atoms with van der Waals surface area (Å²) in [6, 6.07) is 15.0. The van der Waals surface area contributed by atoms with E-state index in [9.17, 15) is 4.79 Å². The largest absolute Gasteiger partial charge is 0.493 e. The minimum Gasteiger partial charge on any atom is -0.493 e. The first-order valence-electron chi connectivity index (χ1n) is 5.90. The zero-order valence-corrected chi connectivity index (χ0v) is 11.9. The Hall–Kier alpha value is -1.81. The first-order chi connectivity index (χ1) is 9.20. The molecule has 0 aliphatic heterocycles. The Kier molecular flexibility index (Phi) is 4.58. The SMILES string of the molecule is NC(=O)c1ccc(-c2cccc(OCCBr)c2)cc1. The summed E-state index contributed by atoms with van der Waals surface area (Å²) in [6.45, 7) is 0.629. The average molecular weight is 320 g/mol. The molecule has 1 amide bonds. The number of halogens is 1. The zero-order chi connectivity index (χ0) is 13.7. The van der Waals surface area contributed by atoms with Gasteiger partial charge in [0.2, 0.25) is 5.91 Å². The van der Waals surface area contributed by atoms with Gasteiger partial charge >= 0.3 is 0 Å². The lowest BCUT2D eigenvalue weighted by atomic mass is 10.0. The van der Waals surface area contributed by atoms with Crippen LogP contribution < -0.4 is 10.5 Å². The standard InChI is InChI=1S/C15H14BrNO2/c16-8-9-19-14-3-1-2-13(10-14)11-4-6-12(7-5-11)15(17)18/h1-7,10H,8-9H2,(H2,17,18). The van der Waals surface area contributed by atoms with E-state index in [2.05, 4.69) is 15.9 Å². The number of carbonyl (C=O) groups is 1. The molecule has 19 heavy (non-hydrogen) atoms. The van der Waals surface area contributed by atoms with Gasteiger partial charge in [-0.25, -0.2) is 0 Å². The maximum absolute atomic E-state index is 11.0. The van der Waals surface area contributed by atoms with E-state index in [1.807, 2.05) is 36.4 Å². The highest BCUT2D eigenvalue weighted by Crippen LogP contribution is 2.24. The van der Waals surface area contributed by atoms with Gasteiger partial charge in [0, 0.05) is 10.9 Å². The Morgan fingerprint density at radius 3 is 2.47 bits per heavy atom. The minimum atomic E-state index is -0.416. The number of hydrogen-bond donors (Lipinski definition) is 1. The Labute approximate surface area is 120 Å².